The summed E-state index contributed by atoms with van der Waals surface area (Å²) in [5.41, 5.74) is 1.59. The van der Waals surface area contributed by atoms with Crippen LogP contribution in [0.15, 0.2) is 39.8 Å². The van der Waals surface area contributed by atoms with Crippen molar-refractivity contribution in [2.75, 3.05) is 43.4 Å². The van der Waals surface area contributed by atoms with Crippen LogP contribution in [0, 0.1) is 6.92 Å². The monoisotopic (exact) mass is 428 g/mol. The van der Waals surface area contributed by atoms with E-state index in [-0.39, 0.29) is 36.3 Å². The van der Waals surface area contributed by atoms with E-state index < -0.39 is 0 Å². The summed E-state index contributed by atoms with van der Waals surface area (Å²) in [7, 11) is 0. The van der Waals surface area contributed by atoms with Gasteiger partial charge in [-0.2, -0.15) is 0 Å². The van der Waals surface area contributed by atoms with Crippen LogP contribution in [0.25, 0.3) is 0 Å². The fourth-order valence-corrected chi connectivity index (χ4v) is 4.71. The molecular weight excluding hydrogens is 404 g/mol. The van der Waals surface area contributed by atoms with Gasteiger partial charge in [-0.15, -0.1) is 11.8 Å². The summed E-state index contributed by atoms with van der Waals surface area (Å²) >= 11 is 1.75. The van der Waals surface area contributed by atoms with E-state index in [1.54, 1.807) is 39.5 Å². The van der Waals surface area contributed by atoms with Crippen LogP contribution < -0.4 is 4.90 Å². The molecule has 2 aromatic rings. The van der Waals surface area contributed by atoms with Crippen molar-refractivity contribution in [3.8, 4) is 0 Å². The number of benzene rings is 1. The molecule has 0 saturated carbocycles. The molecule has 2 aliphatic rings. The second-order valence-electron chi connectivity index (χ2n) is 7.37. The van der Waals surface area contributed by atoms with Gasteiger partial charge in [-0.05, 0) is 19.1 Å². The van der Waals surface area contributed by atoms with Crippen molar-refractivity contribution < 1.29 is 18.9 Å². The minimum Gasteiger partial charge on any atom is -0.351 e. The highest BCUT2D eigenvalue weighted by Gasteiger charge is 2.28. The molecule has 9 heteroatoms. The van der Waals surface area contributed by atoms with E-state index in [4.69, 9.17) is 4.52 Å². The zero-order chi connectivity index (χ0) is 21.1. The van der Waals surface area contributed by atoms with Gasteiger partial charge in [0.2, 0.25) is 17.6 Å². The molecule has 8 nitrogen and oxygen atoms in total. The second kappa shape index (κ2) is 8.91. The van der Waals surface area contributed by atoms with Crippen LogP contribution in [0.3, 0.4) is 0 Å². The van der Waals surface area contributed by atoms with Gasteiger partial charge in [0.1, 0.15) is 0 Å². The van der Waals surface area contributed by atoms with Gasteiger partial charge in [0, 0.05) is 62.3 Å². The van der Waals surface area contributed by atoms with E-state index in [1.807, 2.05) is 24.3 Å². The summed E-state index contributed by atoms with van der Waals surface area (Å²) in [6, 6.07) is 9.48. The first-order chi connectivity index (χ1) is 14.5. The average Bonchev–Trinajstić information content (AvgIpc) is 3.22. The van der Waals surface area contributed by atoms with Gasteiger partial charge in [-0.1, -0.05) is 17.3 Å². The molecule has 1 fully saturated rings. The number of piperazine rings is 1. The van der Waals surface area contributed by atoms with Crippen molar-refractivity contribution in [2.45, 2.75) is 24.7 Å². The second-order valence-corrected chi connectivity index (χ2v) is 8.50. The molecule has 1 aromatic carbocycles. The first-order valence-corrected chi connectivity index (χ1v) is 11.0. The Morgan fingerprint density at radius 2 is 1.70 bits per heavy atom. The summed E-state index contributed by atoms with van der Waals surface area (Å²) in [6.07, 6.45) is 0.369. The molecule has 1 aromatic heterocycles. The SMILES string of the molecule is Cc1cc(C(=O)N2CCN(C(=O)CCC(=O)N3CCSc4ccccc43)CC2)on1. The number of anilines is 1. The largest absolute Gasteiger partial charge is 0.351 e. The fourth-order valence-electron chi connectivity index (χ4n) is 3.71. The van der Waals surface area contributed by atoms with Crippen LogP contribution in [0.1, 0.15) is 29.1 Å². The third-order valence-corrected chi connectivity index (χ3v) is 6.38. The zero-order valence-corrected chi connectivity index (χ0v) is 17.7. The Morgan fingerprint density at radius 1 is 1.00 bits per heavy atom. The number of nitrogens with zero attached hydrogens (tertiary/aromatic N) is 4. The maximum atomic E-state index is 12.7. The van der Waals surface area contributed by atoms with Gasteiger partial charge < -0.3 is 19.2 Å². The lowest BCUT2D eigenvalue weighted by Crippen LogP contribution is -2.50. The predicted molar refractivity (Wildman–Crippen MR) is 112 cm³/mol. The van der Waals surface area contributed by atoms with Crippen LogP contribution in [-0.2, 0) is 9.59 Å². The lowest BCUT2D eigenvalue weighted by atomic mass is 10.2. The van der Waals surface area contributed by atoms with Gasteiger partial charge in [-0.25, -0.2) is 0 Å². The molecule has 0 aliphatic carbocycles. The third kappa shape index (κ3) is 4.35. The minimum atomic E-state index is -0.209. The number of amides is 3. The molecule has 0 radical (unpaired) electrons. The molecule has 3 heterocycles. The van der Waals surface area contributed by atoms with Crippen molar-refractivity contribution in [3.05, 3.63) is 41.8 Å². The molecule has 0 unspecified atom stereocenters. The first-order valence-electron chi connectivity index (χ1n) is 10.1. The topological polar surface area (TPSA) is 87.0 Å². The molecule has 3 amide bonds. The maximum absolute atomic E-state index is 12.7. The van der Waals surface area contributed by atoms with E-state index in [1.165, 1.54) is 0 Å². The van der Waals surface area contributed by atoms with E-state index >= 15 is 0 Å². The van der Waals surface area contributed by atoms with Gasteiger partial charge in [0.15, 0.2) is 0 Å². The molecule has 158 valence electrons. The lowest BCUT2D eigenvalue weighted by molar-refractivity contribution is -0.134. The number of hydrogen-bond donors (Lipinski definition) is 0. The molecule has 0 bridgehead atoms. The third-order valence-electron chi connectivity index (χ3n) is 5.34. The quantitative estimate of drug-likeness (QED) is 0.742. The van der Waals surface area contributed by atoms with Crippen LogP contribution in [-0.4, -0.2) is 71.2 Å². The van der Waals surface area contributed by atoms with Crippen molar-refractivity contribution >= 4 is 35.2 Å². The van der Waals surface area contributed by atoms with Crippen LogP contribution in [0.2, 0.25) is 0 Å². The number of fused-ring (bicyclic) bond motifs is 1. The van der Waals surface area contributed by atoms with E-state index in [9.17, 15) is 14.4 Å². The van der Waals surface area contributed by atoms with Gasteiger partial charge in [-0.3, -0.25) is 14.4 Å². The average molecular weight is 429 g/mol. The predicted octanol–water partition coefficient (Wildman–Crippen LogP) is 2.19. The molecule has 30 heavy (non-hydrogen) atoms. The smallest absolute Gasteiger partial charge is 0.292 e. The number of thioether (sulfide) groups is 1. The molecule has 0 atom stereocenters. The molecule has 0 N–H and O–H groups in total. The fraction of sp³-hybridized carbons (Fsp3) is 0.429. The number of rotatable bonds is 4. The van der Waals surface area contributed by atoms with E-state index in [0.29, 0.717) is 38.4 Å². The highest BCUT2D eigenvalue weighted by atomic mass is 32.2. The molecule has 1 saturated heterocycles. The Bertz CT molecular complexity index is 952. The molecular formula is C21H24N4O4S. The molecule has 4 rings (SSSR count). The van der Waals surface area contributed by atoms with Crippen molar-refractivity contribution in [1.29, 1.82) is 0 Å². The summed E-state index contributed by atoms with van der Waals surface area (Å²) in [6.45, 7) is 4.21. The van der Waals surface area contributed by atoms with E-state index in [2.05, 4.69) is 5.16 Å². The van der Waals surface area contributed by atoms with Crippen LogP contribution in [0.5, 0.6) is 0 Å². The van der Waals surface area contributed by atoms with E-state index in [0.717, 1.165) is 16.3 Å². The molecule has 2 aliphatic heterocycles. The number of carbonyl (C=O) groups excluding carboxylic acids is 3. The normalized spacial score (nSPS) is 16.4. The Labute approximate surface area is 179 Å². The Balaban J connectivity index is 1.26. The summed E-state index contributed by atoms with van der Waals surface area (Å²) in [5, 5.41) is 3.74. The zero-order valence-electron chi connectivity index (χ0n) is 16.9. The standard InChI is InChI=1S/C21H24N4O4S/c1-15-14-17(29-22-15)21(28)24-10-8-23(9-11-24)19(26)6-7-20(27)25-12-13-30-18-5-3-2-4-16(18)25/h2-5,14H,6-13H2,1H3. The number of aryl methyl sites for hydroxylation is 1. The van der Waals surface area contributed by atoms with Crippen molar-refractivity contribution in [2.24, 2.45) is 0 Å². The highest BCUT2D eigenvalue weighted by molar-refractivity contribution is 7.99. The molecule has 0 spiro atoms. The first kappa shape index (κ1) is 20.5. The highest BCUT2D eigenvalue weighted by Crippen LogP contribution is 2.34. The van der Waals surface area contributed by atoms with Crippen LogP contribution in [0.4, 0.5) is 5.69 Å². The Hall–Kier alpha value is -2.81. The summed E-state index contributed by atoms with van der Waals surface area (Å²) in [4.78, 5) is 44.0. The number of hydrogen-bond acceptors (Lipinski definition) is 6. The minimum absolute atomic E-state index is 0.0226. The Kier molecular flexibility index (Phi) is 6.08. The lowest BCUT2D eigenvalue weighted by Gasteiger charge is -2.34. The number of aromatic nitrogens is 1. The number of para-hydroxylation sites is 1. The van der Waals surface area contributed by atoms with Gasteiger partial charge in [0.25, 0.3) is 5.91 Å². The van der Waals surface area contributed by atoms with Crippen molar-refractivity contribution in [3.63, 3.8) is 0 Å². The maximum Gasteiger partial charge on any atom is 0.292 e. The van der Waals surface area contributed by atoms with Gasteiger partial charge in [0.05, 0.1) is 11.4 Å². The number of carbonyl (C=O) groups is 3. The summed E-state index contributed by atoms with van der Waals surface area (Å²) < 4.78 is 5.04. The van der Waals surface area contributed by atoms with Crippen LogP contribution >= 0.6 is 11.8 Å². The van der Waals surface area contributed by atoms with Gasteiger partial charge >= 0.3 is 0 Å². The van der Waals surface area contributed by atoms with Crippen molar-refractivity contribution in [1.82, 2.24) is 15.0 Å². The summed E-state index contributed by atoms with van der Waals surface area (Å²) in [5.74, 6) is 0.797. The Morgan fingerprint density at radius 3 is 2.43 bits per heavy atom.